The predicted molar refractivity (Wildman–Crippen MR) is 53.9 cm³/mol. The number of halogens is 3. The maximum Gasteiger partial charge on any atom is 0.389 e. The molecule has 0 heterocycles. The molecule has 0 fully saturated rings. The molecular weight excluding hydrogens is 223 g/mol. The van der Waals surface area contributed by atoms with E-state index in [0.717, 1.165) is 0 Å². The Morgan fingerprint density at radius 3 is 2.38 bits per heavy atom. The van der Waals surface area contributed by atoms with Crippen molar-refractivity contribution in [2.75, 3.05) is 6.54 Å². The van der Waals surface area contributed by atoms with Crippen LogP contribution in [0.4, 0.5) is 13.2 Å². The van der Waals surface area contributed by atoms with Gasteiger partial charge in [-0.25, -0.2) is 0 Å². The molecule has 0 saturated carbocycles. The van der Waals surface area contributed by atoms with Gasteiger partial charge in [0, 0.05) is 12.8 Å². The maximum absolute atomic E-state index is 11.9. The summed E-state index contributed by atoms with van der Waals surface area (Å²) in [6.45, 7) is 1.89. The number of carboxylic acids is 1. The van der Waals surface area contributed by atoms with Crippen LogP contribution in [-0.2, 0) is 4.79 Å². The van der Waals surface area contributed by atoms with Crippen LogP contribution in [0.15, 0.2) is 0 Å². The summed E-state index contributed by atoms with van der Waals surface area (Å²) in [6.07, 6.45) is -4.58. The number of carboxylic acid groups (broad SMARTS) is 1. The van der Waals surface area contributed by atoms with Crippen molar-refractivity contribution in [2.45, 2.75) is 38.8 Å². The summed E-state index contributed by atoms with van der Waals surface area (Å²) in [4.78, 5) is 10.4. The molecule has 2 atom stereocenters. The standard InChI is InChI=1S/C10H18F3NO2/c1-7(2-3-10(11,12)13)4-8(6-14)5-9(15)16/h7-8H,2-6,14H2,1H3,(H,15,16)/t7-,8-/m1/s1. The van der Waals surface area contributed by atoms with Crippen molar-refractivity contribution in [1.82, 2.24) is 0 Å². The number of carbonyl (C=O) groups is 1. The third-order valence-electron chi connectivity index (χ3n) is 2.45. The Labute approximate surface area is 92.8 Å². The van der Waals surface area contributed by atoms with Crippen molar-refractivity contribution in [3.05, 3.63) is 0 Å². The number of aliphatic carboxylic acids is 1. The van der Waals surface area contributed by atoms with E-state index < -0.39 is 18.6 Å². The lowest BCUT2D eigenvalue weighted by Crippen LogP contribution is -2.21. The summed E-state index contributed by atoms with van der Waals surface area (Å²) in [5.41, 5.74) is 5.37. The second-order valence-corrected chi connectivity index (χ2v) is 4.19. The highest BCUT2D eigenvalue weighted by atomic mass is 19.4. The first-order valence-corrected chi connectivity index (χ1v) is 5.23. The van der Waals surface area contributed by atoms with Gasteiger partial charge < -0.3 is 10.8 Å². The van der Waals surface area contributed by atoms with Crippen LogP contribution in [0.1, 0.15) is 32.6 Å². The van der Waals surface area contributed by atoms with Crippen molar-refractivity contribution < 1.29 is 23.1 Å². The van der Waals surface area contributed by atoms with E-state index in [9.17, 15) is 18.0 Å². The molecule has 0 rings (SSSR count). The summed E-state index contributed by atoms with van der Waals surface area (Å²) in [5, 5.41) is 8.55. The van der Waals surface area contributed by atoms with Gasteiger partial charge in [0.1, 0.15) is 0 Å². The van der Waals surface area contributed by atoms with Crippen LogP contribution in [0.3, 0.4) is 0 Å². The molecule has 0 unspecified atom stereocenters. The Bertz CT molecular complexity index is 219. The van der Waals surface area contributed by atoms with Crippen molar-refractivity contribution in [3.63, 3.8) is 0 Å². The first-order valence-electron chi connectivity index (χ1n) is 5.23. The Morgan fingerprint density at radius 1 is 1.44 bits per heavy atom. The minimum Gasteiger partial charge on any atom is -0.481 e. The van der Waals surface area contributed by atoms with Gasteiger partial charge in [-0.3, -0.25) is 4.79 Å². The Kier molecular flexibility index (Phi) is 6.40. The van der Waals surface area contributed by atoms with Crippen LogP contribution in [0.5, 0.6) is 0 Å². The zero-order chi connectivity index (χ0) is 12.8. The number of alkyl halides is 3. The second-order valence-electron chi connectivity index (χ2n) is 4.19. The first-order chi connectivity index (χ1) is 7.24. The molecule has 0 saturated heterocycles. The smallest absolute Gasteiger partial charge is 0.389 e. The van der Waals surface area contributed by atoms with Gasteiger partial charge in [-0.2, -0.15) is 13.2 Å². The Hall–Kier alpha value is -0.780. The van der Waals surface area contributed by atoms with Crippen LogP contribution >= 0.6 is 0 Å². The highest BCUT2D eigenvalue weighted by Gasteiger charge is 2.28. The summed E-state index contributed by atoms with van der Waals surface area (Å²) in [7, 11) is 0. The predicted octanol–water partition coefficient (Wildman–Crippen LogP) is 2.40. The summed E-state index contributed by atoms with van der Waals surface area (Å²) in [6, 6.07) is 0. The zero-order valence-electron chi connectivity index (χ0n) is 9.26. The maximum atomic E-state index is 11.9. The molecular formula is C10H18F3NO2. The highest BCUT2D eigenvalue weighted by molar-refractivity contribution is 5.67. The fourth-order valence-electron chi connectivity index (χ4n) is 1.61. The zero-order valence-corrected chi connectivity index (χ0v) is 9.26. The van der Waals surface area contributed by atoms with Crippen LogP contribution in [0, 0.1) is 11.8 Å². The van der Waals surface area contributed by atoms with Crippen LogP contribution in [0.25, 0.3) is 0 Å². The fourth-order valence-corrected chi connectivity index (χ4v) is 1.61. The molecule has 0 aromatic rings. The molecule has 0 amide bonds. The molecule has 96 valence electrons. The average molecular weight is 241 g/mol. The summed E-state index contributed by atoms with van der Waals surface area (Å²) < 4.78 is 35.8. The van der Waals surface area contributed by atoms with Gasteiger partial charge in [-0.15, -0.1) is 0 Å². The van der Waals surface area contributed by atoms with Crippen LogP contribution < -0.4 is 5.73 Å². The van der Waals surface area contributed by atoms with Gasteiger partial charge in [0.05, 0.1) is 0 Å². The topological polar surface area (TPSA) is 63.3 Å². The summed E-state index contributed by atoms with van der Waals surface area (Å²) >= 11 is 0. The molecule has 0 aliphatic carbocycles. The van der Waals surface area contributed by atoms with E-state index in [2.05, 4.69) is 0 Å². The monoisotopic (exact) mass is 241 g/mol. The number of hydrogen-bond donors (Lipinski definition) is 2. The molecule has 16 heavy (non-hydrogen) atoms. The third-order valence-corrected chi connectivity index (χ3v) is 2.45. The number of nitrogens with two attached hydrogens (primary N) is 1. The van der Waals surface area contributed by atoms with Gasteiger partial charge in [0.25, 0.3) is 0 Å². The SMILES string of the molecule is C[C@H](CCC(F)(F)F)C[C@@H](CN)CC(=O)O. The van der Waals surface area contributed by atoms with Crippen molar-refractivity contribution in [1.29, 1.82) is 0 Å². The average Bonchev–Trinajstić information content (AvgIpc) is 2.12. The minimum absolute atomic E-state index is 0.0274. The normalized spacial score (nSPS) is 15.8. The number of rotatable bonds is 7. The van der Waals surface area contributed by atoms with E-state index in [1.54, 1.807) is 6.92 Å². The minimum atomic E-state index is -4.14. The molecule has 0 aliphatic rings. The molecule has 0 aromatic heterocycles. The van der Waals surface area contributed by atoms with Gasteiger partial charge in [-0.05, 0) is 31.2 Å². The number of hydrogen-bond acceptors (Lipinski definition) is 2. The third kappa shape index (κ3) is 8.52. The molecule has 0 aliphatic heterocycles. The first kappa shape index (κ1) is 15.2. The van der Waals surface area contributed by atoms with E-state index in [1.807, 2.05) is 0 Å². The van der Waals surface area contributed by atoms with E-state index in [0.29, 0.717) is 6.42 Å². The largest absolute Gasteiger partial charge is 0.481 e. The lowest BCUT2D eigenvalue weighted by molar-refractivity contribution is -0.140. The van der Waals surface area contributed by atoms with E-state index in [1.165, 1.54) is 0 Å². The molecule has 0 aromatic carbocycles. The molecule has 6 heteroatoms. The van der Waals surface area contributed by atoms with Crippen LogP contribution in [-0.4, -0.2) is 23.8 Å². The van der Waals surface area contributed by atoms with Gasteiger partial charge in [0.15, 0.2) is 0 Å². The van der Waals surface area contributed by atoms with Crippen LogP contribution in [0.2, 0.25) is 0 Å². The Morgan fingerprint density at radius 2 is 2.00 bits per heavy atom. The van der Waals surface area contributed by atoms with E-state index in [-0.39, 0.29) is 31.2 Å². The van der Waals surface area contributed by atoms with Crippen molar-refractivity contribution in [3.8, 4) is 0 Å². The highest BCUT2D eigenvalue weighted by Crippen LogP contribution is 2.27. The van der Waals surface area contributed by atoms with Crippen molar-refractivity contribution >= 4 is 5.97 Å². The molecule has 0 spiro atoms. The molecule has 0 bridgehead atoms. The lowest BCUT2D eigenvalue weighted by atomic mass is 9.90. The second kappa shape index (κ2) is 6.73. The lowest BCUT2D eigenvalue weighted by Gasteiger charge is -2.18. The Balaban J connectivity index is 3.91. The quantitative estimate of drug-likeness (QED) is 0.719. The molecule has 0 radical (unpaired) electrons. The van der Waals surface area contributed by atoms with Crippen molar-refractivity contribution in [2.24, 2.45) is 17.6 Å². The summed E-state index contributed by atoms with van der Waals surface area (Å²) in [5.74, 6) is -1.35. The molecule has 3 N–H and O–H groups in total. The van der Waals surface area contributed by atoms with Gasteiger partial charge >= 0.3 is 12.1 Å². The molecule has 3 nitrogen and oxygen atoms in total. The van der Waals surface area contributed by atoms with E-state index in [4.69, 9.17) is 10.8 Å². The fraction of sp³-hybridized carbons (Fsp3) is 0.900. The van der Waals surface area contributed by atoms with E-state index >= 15 is 0 Å². The van der Waals surface area contributed by atoms with Gasteiger partial charge in [-0.1, -0.05) is 6.92 Å². The van der Waals surface area contributed by atoms with Gasteiger partial charge in [0.2, 0.25) is 0 Å².